The van der Waals surface area contributed by atoms with Gasteiger partial charge < -0.3 is 10.1 Å². The molecule has 3 aromatic rings. The SMILES string of the molecule is Cc1ccc(C)c(N(CC(=O)N/N=C\c2ccc(OCC(=O)Nc3ccccc3)cc2)S(C)(=O)=O)c1. The highest BCUT2D eigenvalue weighted by molar-refractivity contribution is 7.92. The van der Waals surface area contributed by atoms with Crippen molar-refractivity contribution in [3.8, 4) is 5.75 Å². The lowest BCUT2D eigenvalue weighted by Crippen LogP contribution is -2.39. The smallest absolute Gasteiger partial charge is 0.262 e. The van der Waals surface area contributed by atoms with E-state index in [0.29, 0.717) is 22.7 Å². The summed E-state index contributed by atoms with van der Waals surface area (Å²) in [5.41, 5.74) is 5.78. The molecule has 0 saturated carbocycles. The predicted molar refractivity (Wildman–Crippen MR) is 141 cm³/mol. The maximum Gasteiger partial charge on any atom is 0.262 e. The number of rotatable bonds is 10. The van der Waals surface area contributed by atoms with Crippen LogP contribution >= 0.6 is 0 Å². The van der Waals surface area contributed by atoms with Gasteiger partial charge in [0.1, 0.15) is 12.3 Å². The molecule has 0 atom stereocenters. The Labute approximate surface area is 210 Å². The first-order valence-electron chi connectivity index (χ1n) is 11.1. The summed E-state index contributed by atoms with van der Waals surface area (Å²) in [6.45, 7) is 3.09. The Morgan fingerprint density at radius 1 is 0.972 bits per heavy atom. The van der Waals surface area contributed by atoms with Gasteiger partial charge in [-0.25, -0.2) is 13.8 Å². The fourth-order valence-electron chi connectivity index (χ4n) is 3.23. The van der Waals surface area contributed by atoms with Crippen molar-refractivity contribution in [1.29, 1.82) is 0 Å². The Morgan fingerprint density at radius 2 is 1.67 bits per heavy atom. The minimum absolute atomic E-state index is 0.143. The van der Waals surface area contributed by atoms with Crippen LogP contribution in [0.1, 0.15) is 16.7 Å². The maximum absolute atomic E-state index is 12.4. The number of hydrazone groups is 1. The van der Waals surface area contributed by atoms with Crippen molar-refractivity contribution in [2.75, 3.05) is 29.0 Å². The maximum atomic E-state index is 12.4. The summed E-state index contributed by atoms with van der Waals surface area (Å²) in [5, 5.41) is 6.64. The van der Waals surface area contributed by atoms with Crippen LogP contribution in [0.3, 0.4) is 0 Å². The summed E-state index contributed by atoms with van der Waals surface area (Å²) in [4.78, 5) is 24.4. The van der Waals surface area contributed by atoms with Crippen molar-refractivity contribution in [2.24, 2.45) is 5.10 Å². The van der Waals surface area contributed by atoms with Gasteiger partial charge in [-0.3, -0.25) is 13.9 Å². The van der Waals surface area contributed by atoms with E-state index in [9.17, 15) is 18.0 Å². The van der Waals surface area contributed by atoms with Gasteiger partial charge in [-0.05, 0) is 73.0 Å². The van der Waals surface area contributed by atoms with Gasteiger partial charge in [0.25, 0.3) is 11.8 Å². The zero-order chi connectivity index (χ0) is 26.1. The number of sulfonamides is 1. The average Bonchev–Trinajstić information content (AvgIpc) is 2.84. The molecule has 0 radical (unpaired) electrons. The van der Waals surface area contributed by atoms with E-state index in [1.54, 1.807) is 49.4 Å². The summed E-state index contributed by atoms with van der Waals surface area (Å²) in [6, 6.07) is 21.2. The topological polar surface area (TPSA) is 117 Å². The first-order valence-corrected chi connectivity index (χ1v) is 12.9. The number of nitrogens with zero attached hydrogens (tertiary/aromatic N) is 2. The second kappa shape index (κ2) is 12.0. The monoisotopic (exact) mass is 508 g/mol. The summed E-state index contributed by atoms with van der Waals surface area (Å²) >= 11 is 0. The molecular formula is C26H28N4O5S. The highest BCUT2D eigenvalue weighted by atomic mass is 32.2. The predicted octanol–water partition coefficient (Wildman–Crippen LogP) is 3.24. The van der Waals surface area contributed by atoms with Crippen LogP contribution in [-0.2, 0) is 19.6 Å². The van der Waals surface area contributed by atoms with Crippen molar-refractivity contribution in [1.82, 2.24) is 5.43 Å². The average molecular weight is 509 g/mol. The van der Waals surface area contributed by atoms with E-state index in [4.69, 9.17) is 4.74 Å². The fraction of sp³-hybridized carbons (Fsp3) is 0.192. The number of carbonyl (C=O) groups excluding carboxylic acids is 2. The lowest BCUT2D eigenvalue weighted by Gasteiger charge is -2.23. The molecule has 10 heteroatoms. The molecule has 0 aromatic heterocycles. The number of aryl methyl sites for hydroxylation is 2. The Kier molecular flexibility index (Phi) is 8.80. The van der Waals surface area contributed by atoms with Crippen LogP contribution in [0, 0.1) is 13.8 Å². The summed E-state index contributed by atoms with van der Waals surface area (Å²) in [6.07, 6.45) is 2.48. The van der Waals surface area contributed by atoms with Crippen LogP contribution in [0.15, 0.2) is 77.9 Å². The van der Waals surface area contributed by atoms with Crippen LogP contribution in [0.5, 0.6) is 5.75 Å². The second-order valence-corrected chi connectivity index (χ2v) is 10.0. The van der Waals surface area contributed by atoms with Crippen LogP contribution in [-0.4, -0.2) is 45.9 Å². The number of hydrogen-bond donors (Lipinski definition) is 2. The second-order valence-electron chi connectivity index (χ2n) is 8.12. The molecule has 2 amide bonds. The van der Waals surface area contributed by atoms with Crippen molar-refractivity contribution < 1.29 is 22.7 Å². The molecule has 0 spiro atoms. The fourth-order valence-corrected chi connectivity index (χ4v) is 4.14. The van der Waals surface area contributed by atoms with Crippen molar-refractivity contribution in [3.05, 3.63) is 89.5 Å². The molecule has 0 heterocycles. The van der Waals surface area contributed by atoms with E-state index in [-0.39, 0.29) is 12.5 Å². The van der Waals surface area contributed by atoms with Gasteiger partial charge >= 0.3 is 0 Å². The summed E-state index contributed by atoms with van der Waals surface area (Å²) in [7, 11) is -3.69. The van der Waals surface area contributed by atoms with Gasteiger partial charge in [0.2, 0.25) is 10.0 Å². The van der Waals surface area contributed by atoms with Gasteiger partial charge in [0, 0.05) is 5.69 Å². The first kappa shape index (κ1) is 26.4. The molecule has 0 saturated heterocycles. The lowest BCUT2D eigenvalue weighted by molar-refractivity contribution is -0.119. The molecule has 0 fully saturated rings. The molecule has 2 N–H and O–H groups in total. The molecule has 0 aliphatic carbocycles. The van der Waals surface area contributed by atoms with Gasteiger partial charge in [-0.1, -0.05) is 30.3 Å². The van der Waals surface area contributed by atoms with Gasteiger partial charge in [-0.2, -0.15) is 5.10 Å². The van der Waals surface area contributed by atoms with Crippen molar-refractivity contribution >= 4 is 39.4 Å². The largest absolute Gasteiger partial charge is 0.484 e. The summed E-state index contributed by atoms with van der Waals surface area (Å²) in [5.74, 6) is -0.364. The highest BCUT2D eigenvalue weighted by Crippen LogP contribution is 2.23. The molecule has 36 heavy (non-hydrogen) atoms. The zero-order valence-corrected chi connectivity index (χ0v) is 21.1. The van der Waals surface area contributed by atoms with E-state index in [1.165, 1.54) is 6.21 Å². The molecule has 0 aliphatic heterocycles. The van der Waals surface area contributed by atoms with Crippen LogP contribution < -0.4 is 19.8 Å². The number of anilines is 2. The quantitative estimate of drug-likeness (QED) is 0.322. The van der Waals surface area contributed by atoms with Gasteiger partial charge in [0.15, 0.2) is 6.61 Å². The number of ether oxygens (including phenoxy) is 1. The number of amides is 2. The van der Waals surface area contributed by atoms with Crippen LogP contribution in [0.25, 0.3) is 0 Å². The Morgan fingerprint density at radius 3 is 2.33 bits per heavy atom. The standard InChI is InChI=1S/C26H28N4O5S/c1-19-9-10-20(2)24(15-19)30(36(3,33)34)17-25(31)29-27-16-21-11-13-23(14-12-21)35-18-26(32)28-22-7-5-4-6-8-22/h4-16H,17-18H2,1-3H3,(H,28,32)(H,29,31)/b27-16-. The third-order valence-electron chi connectivity index (χ3n) is 5.03. The van der Waals surface area contributed by atoms with E-state index < -0.39 is 22.5 Å². The molecule has 3 rings (SSSR count). The third kappa shape index (κ3) is 7.95. The molecule has 188 valence electrons. The Hall–Kier alpha value is -4.18. The normalized spacial score (nSPS) is 11.2. The highest BCUT2D eigenvalue weighted by Gasteiger charge is 2.22. The Bertz CT molecular complexity index is 1340. The van der Waals surface area contributed by atoms with E-state index in [1.807, 2.05) is 37.3 Å². The third-order valence-corrected chi connectivity index (χ3v) is 6.16. The molecule has 0 bridgehead atoms. The van der Waals surface area contributed by atoms with Crippen molar-refractivity contribution in [3.63, 3.8) is 0 Å². The van der Waals surface area contributed by atoms with Crippen molar-refractivity contribution in [2.45, 2.75) is 13.8 Å². The van der Waals surface area contributed by atoms with E-state index in [2.05, 4.69) is 15.8 Å². The number of nitrogens with one attached hydrogen (secondary N) is 2. The Balaban J connectivity index is 1.52. The molecule has 9 nitrogen and oxygen atoms in total. The number of benzene rings is 3. The minimum atomic E-state index is -3.69. The first-order chi connectivity index (χ1) is 17.1. The molecule has 3 aromatic carbocycles. The molecule has 0 aliphatic rings. The van der Waals surface area contributed by atoms with E-state index >= 15 is 0 Å². The van der Waals surface area contributed by atoms with Crippen LogP contribution in [0.4, 0.5) is 11.4 Å². The van der Waals surface area contributed by atoms with E-state index in [0.717, 1.165) is 21.7 Å². The molecule has 0 unspecified atom stereocenters. The van der Waals surface area contributed by atoms with Gasteiger partial charge in [0.05, 0.1) is 18.2 Å². The number of para-hydroxylation sites is 1. The minimum Gasteiger partial charge on any atom is -0.484 e. The van der Waals surface area contributed by atoms with Crippen LogP contribution in [0.2, 0.25) is 0 Å². The summed E-state index contributed by atoms with van der Waals surface area (Å²) < 4.78 is 31.2. The number of carbonyl (C=O) groups is 2. The lowest BCUT2D eigenvalue weighted by atomic mass is 10.1. The molecular weight excluding hydrogens is 480 g/mol. The zero-order valence-electron chi connectivity index (χ0n) is 20.3. The van der Waals surface area contributed by atoms with Gasteiger partial charge in [-0.15, -0.1) is 0 Å². The number of hydrogen-bond acceptors (Lipinski definition) is 6.